The van der Waals surface area contributed by atoms with Gasteiger partial charge in [0, 0.05) is 18.8 Å². The third-order valence-corrected chi connectivity index (χ3v) is 3.68. The van der Waals surface area contributed by atoms with Gasteiger partial charge in [-0.15, -0.1) is 10.2 Å². The van der Waals surface area contributed by atoms with E-state index in [1.54, 1.807) is 13.1 Å². The summed E-state index contributed by atoms with van der Waals surface area (Å²) in [6.07, 6.45) is 0.884. The monoisotopic (exact) mass is 330 g/mol. The van der Waals surface area contributed by atoms with Crippen molar-refractivity contribution in [2.75, 3.05) is 19.5 Å². The summed E-state index contributed by atoms with van der Waals surface area (Å²) in [4.78, 5) is 20.3. The van der Waals surface area contributed by atoms with E-state index in [1.165, 1.54) is 7.11 Å². The van der Waals surface area contributed by atoms with Crippen molar-refractivity contribution in [3.63, 3.8) is 0 Å². The topological polar surface area (TPSA) is 102 Å². The van der Waals surface area contributed by atoms with Crippen LogP contribution in [-0.4, -0.2) is 40.2 Å². The van der Waals surface area contributed by atoms with E-state index in [9.17, 15) is 4.79 Å². The van der Waals surface area contributed by atoms with Crippen LogP contribution in [0, 0.1) is 6.92 Å². The molecule has 0 aromatic carbocycles. The maximum absolute atomic E-state index is 12.0. The number of aryl methyl sites for hydroxylation is 1. The van der Waals surface area contributed by atoms with Gasteiger partial charge in [0.1, 0.15) is 5.82 Å². The molecule has 0 aliphatic carbocycles. The Morgan fingerprint density at radius 3 is 2.62 bits per heavy atom. The number of hydrogen-bond donors (Lipinski definition) is 2. The van der Waals surface area contributed by atoms with Crippen LogP contribution in [0.1, 0.15) is 47.9 Å². The first-order valence-corrected chi connectivity index (χ1v) is 7.74. The average molecular weight is 330 g/mol. The van der Waals surface area contributed by atoms with Gasteiger partial charge in [0.15, 0.2) is 11.5 Å². The minimum atomic E-state index is -0.246. The van der Waals surface area contributed by atoms with Gasteiger partial charge in [0.05, 0.1) is 7.11 Å². The number of nitrogens with one attached hydrogen (secondary N) is 2. The van der Waals surface area contributed by atoms with Crippen LogP contribution in [0.15, 0.2) is 12.1 Å². The molecule has 8 heteroatoms. The summed E-state index contributed by atoms with van der Waals surface area (Å²) in [6, 6.07) is 3.88. The second-order valence-corrected chi connectivity index (χ2v) is 5.43. The molecule has 0 radical (unpaired) electrons. The summed E-state index contributed by atoms with van der Waals surface area (Å²) in [5.74, 6) is 0.994. The van der Waals surface area contributed by atoms with E-state index in [2.05, 4.69) is 37.7 Å². The first kappa shape index (κ1) is 17.6. The Morgan fingerprint density at radius 2 is 2.00 bits per heavy atom. The Morgan fingerprint density at radius 1 is 1.25 bits per heavy atom. The number of aromatic nitrogens is 4. The van der Waals surface area contributed by atoms with Gasteiger partial charge < -0.3 is 15.4 Å². The number of methoxy groups -OCH3 is 1. The van der Waals surface area contributed by atoms with Gasteiger partial charge in [-0.2, -0.15) is 4.98 Å². The van der Waals surface area contributed by atoms with E-state index in [0.717, 1.165) is 17.7 Å². The summed E-state index contributed by atoms with van der Waals surface area (Å²) >= 11 is 0. The molecule has 0 saturated heterocycles. The minimum absolute atomic E-state index is 0.176. The molecule has 0 bridgehead atoms. The largest absolute Gasteiger partial charge is 0.467 e. The standard InChI is InChI=1S/C16H22N6O2/c1-6-9(2)11-8-13(21-22-14(11)15(23)17-4)19-12-7-10(3)18-16(20-12)24-5/h7-9H,6H2,1-5H3,(H,17,23)(H,18,19,20,21). The molecule has 2 aromatic rings. The lowest BCUT2D eigenvalue weighted by Gasteiger charge is -2.14. The van der Waals surface area contributed by atoms with Crippen LogP contribution >= 0.6 is 0 Å². The first-order chi connectivity index (χ1) is 11.5. The fourth-order valence-corrected chi connectivity index (χ4v) is 2.19. The predicted octanol–water partition coefficient (Wildman–Crippen LogP) is 2.20. The minimum Gasteiger partial charge on any atom is -0.467 e. The zero-order valence-corrected chi connectivity index (χ0v) is 14.5. The fraction of sp³-hybridized carbons (Fsp3) is 0.438. The molecule has 2 N–H and O–H groups in total. The van der Waals surface area contributed by atoms with Gasteiger partial charge in [-0.25, -0.2) is 4.98 Å². The lowest BCUT2D eigenvalue weighted by atomic mass is 9.97. The van der Waals surface area contributed by atoms with Crippen LogP contribution in [0.3, 0.4) is 0 Å². The number of anilines is 2. The van der Waals surface area contributed by atoms with Crippen molar-refractivity contribution in [1.29, 1.82) is 0 Å². The molecular formula is C16H22N6O2. The second kappa shape index (κ2) is 7.67. The summed E-state index contributed by atoms with van der Waals surface area (Å²) < 4.78 is 5.07. The Hall–Kier alpha value is -2.77. The SMILES string of the molecule is CCC(C)c1cc(Nc2cc(C)nc(OC)n2)nnc1C(=O)NC. The number of rotatable bonds is 6. The molecule has 8 nitrogen and oxygen atoms in total. The van der Waals surface area contributed by atoms with Crippen LogP contribution in [0.4, 0.5) is 11.6 Å². The smallest absolute Gasteiger partial charge is 0.318 e. The van der Waals surface area contributed by atoms with Gasteiger partial charge in [0.2, 0.25) is 0 Å². The van der Waals surface area contributed by atoms with Crippen LogP contribution < -0.4 is 15.4 Å². The molecule has 2 heterocycles. The summed E-state index contributed by atoms with van der Waals surface area (Å²) in [6.45, 7) is 5.95. The predicted molar refractivity (Wildman–Crippen MR) is 90.7 cm³/mol. The molecule has 0 saturated carbocycles. The molecular weight excluding hydrogens is 308 g/mol. The molecule has 24 heavy (non-hydrogen) atoms. The van der Waals surface area contributed by atoms with E-state index in [0.29, 0.717) is 17.3 Å². The van der Waals surface area contributed by atoms with E-state index in [-0.39, 0.29) is 17.8 Å². The Labute approximate surface area is 141 Å². The maximum atomic E-state index is 12.0. The van der Waals surface area contributed by atoms with Crippen LogP contribution in [-0.2, 0) is 0 Å². The van der Waals surface area contributed by atoms with E-state index in [1.807, 2.05) is 19.9 Å². The van der Waals surface area contributed by atoms with Gasteiger partial charge in [-0.1, -0.05) is 13.8 Å². The van der Waals surface area contributed by atoms with Gasteiger partial charge >= 0.3 is 6.01 Å². The molecule has 1 atom stereocenters. The number of ether oxygens (including phenoxy) is 1. The molecule has 0 spiro atoms. The van der Waals surface area contributed by atoms with Crippen molar-refractivity contribution < 1.29 is 9.53 Å². The lowest BCUT2D eigenvalue weighted by Crippen LogP contribution is -2.22. The highest BCUT2D eigenvalue weighted by Gasteiger charge is 2.18. The van der Waals surface area contributed by atoms with Crippen molar-refractivity contribution >= 4 is 17.5 Å². The van der Waals surface area contributed by atoms with E-state index < -0.39 is 0 Å². The molecule has 2 aromatic heterocycles. The third-order valence-electron chi connectivity index (χ3n) is 3.68. The van der Waals surface area contributed by atoms with Gasteiger partial charge in [-0.05, 0) is 30.9 Å². The molecule has 2 rings (SSSR count). The number of hydrogen-bond acceptors (Lipinski definition) is 7. The normalized spacial score (nSPS) is 11.7. The van der Waals surface area contributed by atoms with Crippen molar-refractivity contribution in [3.8, 4) is 6.01 Å². The average Bonchev–Trinajstić information content (AvgIpc) is 2.59. The van der Waals surface area contributed by atoms with Gasteiger partial charge in [-0.3, -0.25) is 4.79 Å². The van der Waals surface area contributed by atoms with Crippen LogP contribution in [0.25, 0.3) is 0 Å². The molecule has 0 aliphatic heterocycles. The van der Waals surface area contributed by atoms with Crippen molar-refractivity contribution in [2.45, 2.75) is 33.1 Å². The molecule has 1 unspecified atom stereocenters. The Balaban J connectivity index is 2.38. The summed E-state index contributed by atoms with van der Waals surface area (Å²) in [5, 5.41) is 13.8. The number of carbonyl (C=O) groups excluding carboxylic acids is 1. The maximum Gasteiger partial charge on any atom is 0.318 e. The molecule has 0 fully saturated rings. The first-order valence-electron chi connectivity index (χ1n) is 7.74. The van der Waals surface area contributed by atoms with E-state index >= 15 is 0 Å². The zero-order valence-electron chi connectivity index (χ0n) is 14.5. The summed E-state index contributed by atoms with van der Waals surface area (Å²) in [5.41, 5.74) is 1.95. The van der Waals surface area contributed by atoms with Crippen LogP contribution in [0.2, 0.25) is 0 Å². The number of carbonyl (C=O) groups is 1. The Kier molecular flexibility index (Phi) is 5.62. The molecule has 0 aliphatic rings. The second-order valence-electron chi connectivity index (χ2n) is 5.43. The number of nitrogens with zero attached hydrogens (tertiary/aromatic N) is 4. The van der Waals surface area contributed by atoms with Crippen LogP contribution in [0.5, 0.6) is 6.01 Å². The Bertz CT molecular complexity index is 735. The number of amides is 1. The highest BCUT2D eigenvalue weighted by atomic mass is 16.5. The zero-order chi connectivity index (χ0) is 17.7. The highest BCUT2D eigenvalue weighted by Crippen LogP contribution is 2.25. The highest BCUT2D eigenvalue weighted by molar-refractivity contribution is 5.93. The van der Waals surface area contributed by atoms with Crippen molar-refractivity contribution in [2.24, 2.45) is 0 Å². The van der Waals surface area contributed by atoms with Crippen molar-refractivity contribution in [1.82, 2.24) is 25.5 Å². The lowest BCUT2D eigenvalue weighted by molar-refractivity contribution is 0.0955. The van der Waals surface area contributed by atoms with E-state index in [4.69, 9.17) is 4.74 Å². The quantitative estimate of drug-likeness (QED) is 0.837. The molecule has 128 valence electrons. The fourth-order valence-electron chi connectivity index (χ4n) is 2.19. The van der Waals surface area contributed by atoms with Gasteiger partial charge in [0.25, 0.3) is 5.91 Å². The van der Waals surface area contributed by atoms with Crippen molar-refractivity contribution in [3.05, 3.63) is 29.1 Å². The molecule has 1 amide bonds. The summed E-state index contributed by atoms with van der Waals surface area (Å²) in [7, 11) is 3.09. The third kappa shape index (κ3) is 3.95.